The summed E-state index contributed by atoms with van der Waals surface area (Å²) in [4.78, 5) is 13.1. The Kier molecular flexibility index (Phi) is 4.16. The summed E-state index contributed by atoms with van der Waals surface area (Å²) in [7, 11) is 3.88. The third-order valence-electron chi connectivity index (χ3n) is 4.68. The van der Waals surface area contributed by atoms with Crippen LogP contribution in [-0.2, 0) is 20.6 Å². The van der Waals surface area contributed by atoms with E-state index in [0.717, 1.165) is 28.0 Å². The lowest BCUT2D eigenvalue weighted by Gasteiger charge is -2.13. The van der Waals surface area contributed by atoms with E-state index in [9.17, 15) is 5.26 Å². The third-order valence-corrected chi connectivity index (χ3v) is 4.68. The molecule has 0 amide bonds. The predicted octanol–water partition coefficient (Wildman–Crippen LogP) is 2.14. The van der Waals surface area contributed by atoms with Crippen LogP contribution in [0, 0.1) is 18.3 Å². The van der Waals surface area contributed by atoms with Crippen molar-refractivity contribution in [3.63, 3.8) is 0 Å². The van der Waals surface area contributed by atoms with Gasteiger partial charge in [-0.25, -0.2) is 9.97 Å². The van der Waals surface area contributed by atoms with Crippen LogP contribution in [-0.4, -0.2) is 29.3 Å². The number of anilines is 2. The molecule has 4 heterocycles. The fourth-order valence-corrected chi connectivity index (χ4v) is 3.24. The van der Waals surface area contributed by atoms with Crippen LogP contribution in [0.15, 0.2) is 30.6 Å². The number of fused-ring (bicyclic) bond motifs is 1. The summed E-state index contributed by atoms with van der Waals surface area (Å²) < 4.78 is 3.84. The fourth-order valence-electron chi connectivity index (χ4n) is 3.24. The number of pyridine rings is 1. The molecule has 140 valence electrons. The molecule has 3 N–H and O–H groups in total. The molecule has 0 radical (unpaired) electrons. The number of nitrogens with two attached hydrogens (primary N) is 1. The van der Waals surface area contributed by atoms with Crippen LogP contribution >= 0.6 is 0 Å². The van der Waals surface area contributed by atoms with Gasteiger partial charge < -0.3 is 15.6 Å². The maximum atomic E-state index is 9.43. The number of nitrogens with one attached hydrogen (secondary N) is 1. The number of aryl methyl sites for hydroxylation is 3. The van der Waals surface area contributed by atoms with Gasteiger partial charge in [-0.2, -0.15) is 15.3 Å². The van der Waals surface area contributed by atoms with Crippen molar-refractivity contribution >= 4 is 22.8 Å². The van der Waals surface area contributed by atoms with Crippen LogP contribution < -0.4 is 11.1 Å². The summed E-state index contributed by atoms with van der Waals surface area (Å²) in [5.41, 5.74) is 11.3. The Bertz CT molecular complexity index is 1230. The van der Waals surface area contributed by atoms with E-state index in [0.29, 0.717) is 23.6 Å². The minimum atomic E-state index is 0.123. The molecular formula is C19H19N9. The first kappa shape index (κ1) is 17.5. The molecule has 9 heteroatoms. The van der Waals surface area contributed by atoms with Crippen LogP contribution in [0.5, 0.6) is 0 Å². The quantitative estimate of drug-likeness (QED) is 0.561. The molecule has 0 bridgehead atoms. The molecule has 9 nitrogen and oxygen atoms in total. The average molecular weight is 373 g/mol. The number of nitrogen functional groups attached to an aromatic ring is 1. The Labute approximate surface area is 161 Å². The summed E-state index contributed by atoms with van der Waals surface area (Å²) in [6, 6.07) is 8.15. The molecule has 4 aromatic heterocycles. The van der Waals surface area contributed by atoms with E-state index in [2.05, 4.69) is 32.5 Å². The van der Waals surface area contributed by atoms with E-state index in [4.69, 9.17) is 10.7 Å². The monoisotopic (exact) mass is 373 g/mol. The molecule has 0 atom stereocenters. The van der Waals surface area contributed by atoms with Crippen molar-refractivity contribution < 1.29 is 0 Å². The zero-order chi connectivity index (χ0) is 19.8. The number of hydrogen-bond donors (Lipinski definition) is 2. The molecule has 0 aliphatic heterocycles. The van der Waals surface area contributed by atoms with E-state index in [1.807, 2.05) is 41.7 Å². The van der Waals surface area contributed by atoms with Crippen molar-refractivity contribution in [2.75, 3.05) is 11.1 Å². The third kappa shape index (κ3) is 2.91. The highest BCUT2D eigenvalue weighted by Crippen LogP contribution is 2.27. The lowest BCUT2D eigenvalue weighted by molar-refractivity contribution is 0.774. The van der Waals surface area contributed by atoms with Crippen LogP contribution in [0.2, 0.25) is 0 Å². The second-order valence-corrected chi connectivity index (χ2v) is 6.51. The van der Waals surface area contributed by atoms with Crippen molar-refractivity contribution in [3.05, 3.63) is 47.5 Å². The number of rotatable bonds is 4. The minimum absolute atomic E-state index is 0.123. The molecule has 0 aromatic carbocycles. The Hall–Kier alpha value is -3.93. The van der Waals surface area contributed by atoms with Gasteiger partial charge >= 0.3 is 0 Å². The van der Waals surface area contributed by atoms with Crippen LogP contribution in [0.25, 0.3) is 22.3 Å². The first-order valence-corrected chi connectivity index (χ1v) is 8.69. The lowest BCUT2D eigenvalue weighted by Crippen LogP contribution is -2.11. The number of aromatic nitrogens is 6. The van der Waals surface area contributed by atoms with Gasteiger partial charge in [0.15, 0.2) is 0 Å². The Balaban J connectivity index is 1.79. The topological polar surface area (TPSA) is 123 Å². The van der Waals surface area contributed by atoms with Gasteiger partial charge in [-0.1, -0.05) is 0 Å². The Morgan fingerprint density at radius 1 is 1.21 bits per heavy atom. The first-order chi connectivity index (χ1) is 13.5. The van der Waals surface area contributed by atoms with Gasteiger partial charge in [0.25, 0.3) is 0 Å². The van der Waals surface area contributed by atoms with Crippen molar-refractivity contribution in [3.8, 4) is 17.3 Å². The molecule has 0 spiro atoms. The highest BCUT2D eigenvalue weighted by molar-refractivity contribution is 5.82. The summed E-state index contributed by atoms with van der Waals surface area (Å²) in [6.45, 7) is 2.10. The Morgan fingerprint density at radius 2 is 2.04 bits per heavy atom. The van der Waals surface area contributed by atoms with Crippen LogP contribution in [0.4, 0.5) is 11.8 Å². The summed E-state index contributed by atoms with van der Waals surface area (Å²) >= 11 is 0. The van der Waals surface area contributed by atoms with Gasteiger partial charge in [-0.3, -0.25) is 4.68 Å². The zero-order valence-corrected chi connectivity index (χ0v) is 15.8. The maximum Gasteiger partial charge on any atom is 0.222 e. The van der Waals surface area contributed by atoms with Gasteiger partial charge in [-0.05, 0) is 25.1 Å². The molecule has 0 unspecified atom stereocenters. The first-order valence-electron chi connectivity index (χ1n) is 8.69. The minimum Gasteiger partial charge on any atom is -0.368 e. The van der Waals surface area contributed by atoms with E-state index < -0.39 is 0 Å². The number of nitrogens with zero attached hydrogens (tertiary/aromatic N) is 7. The van der Waals surface area contributed by atoms with E-state index in [1.54, 1.807) is 13.1 Å². The smallest absolute Gasteiger partial charge is 0.222 e. The van der Waals surface area contributed by atoms with Gasteiger partial charge in [0.1, 0.15) is 17.5 Å². The second kappa shape index (κ2) is 6.66. The maximum absolute atomic E-state index is 9.43. The zero-order valence-electron chi connectivity index (χ0n) is 15.8. The molecule has 0 saturated heterocycles. The van der Waals surface area contributed by atoms with Crippen molar-refractivity contribution in [2.24, 2.45) is 14.1 Å². The molecule has 4 rings (SSSR count). The standard InChI is InChI=1S/C19H19N9/c1-11-13(9-20)18(26-19(21)24-11)22-10-15-12(16-4-6-23-28(16)3)8-17-14(25-15)5-7-27(17)2/h4-8H,10H2,1-3H3,(H3,21,22,24,26). The van der Waals surface area contributed by atoms with Crippen molar-refractivity contribution in [1.82, 2.24) is 29.3 Å². The Morgan fingerprint density at radius 3 is 2.75 bits per heavy atom. The largest absolute Gasteiger partial charge is 0.368 e. The molecule has 28 heavy (non-hydrogen) atoms. The number of hydrogen-bond acceptors (Lipinski definition) is 7. The predicted molar refractivity (Wildman–Crippen MR) is 106 cm³/mol. The number of nitriles is 1. The molecule has 0 fully saturated rings. The van der Waals surface area contributed by atoms with Gasteiger partial charge in [-0.15, -0.1) is 0 Å². The molecular weight excluding hydrogens is 354 g/mol. The normalized spacial score (nSPS) is 10.9. The summed E-state index contributed by atoms with van der Waals surface area (Å²) in [6.07, 6.45) is 3.73. The molecule has 0 aliphatic rings. The van der Waals surface area contributed by atoms with Gasteiger partial charge in [0.05, 0.1) is 34.7 Å². The van der Waals surface area contributed by atoms with Crippen molar-refractivity contribution in [2.45, 2.75) is 13.5 Å². The van der Waals surface area contributed by atoms with E-state index in [-0.39, 0.29) is 5.95 Å². The molecule has 0 aliphatic carbocycles. The fraction of sp³-hybridized carbons (Fsp3) is 0.211. The van der Waals surface area contributed by atoms with Gasteiger partial charge in [0, 0.05) is 32.1 Å². The average Bonchev–Trinajstić information content (AvgIpc) is 3.24. The van der Waals surface area contributed by atoms with Crippen LogP contribution in [0.3, 0.4) is 0 Å². The second-order valence-electron chi connectivity index (χ2n) is 6.51. The highest BCUT2D eigenvalue weighted by Gasteiger charge is 2.16. The summed E-state index contributed by atoms with van der Waals surface area (Å²) in [5, 5.41) is 16.9. The molecule has 4 aromatic rings. The van der Waals surface area contributed by atoms with E-state index in [1.165, 1.54) is 0 Å². The summed E-state index contributed by atoms with van der Waals surface area (Å²) in [5.74, 6) is 0.524. The van der Waals surface area contributed by atoms with Crippen molar-refractivity contribution in [1.29, 1.82) is 5.26 Å². The molecule has 0 saturated carbocycles. The van der Waals surface area contributed by atoms with E-state index >= 15 is 0 Å². The van der Waals surface area contributed by atoms with Gasteiger partial charge in [0.2, 0.25) is 5.95 Å². The highest BCUT2D eigenvalue weighted by atomic mass is 15.3. The lowest BCUT2D eigenvalue weighted by atomic mass is 10.1. The van der Waals surface area contributed by atoms with Crippen LogP contribution in [0.1, 0.15) is 17.0 Å². The SMILES string of the molecule is Cc1nc(N)nc(NCc2nc3ccn(C)c3cc2-c2ccnn2C)c1C#N.